The van der Waals surface area contributed by atoms with Crippen LogP contribution < -0.4 is 21.3 Å². The van der Waals surface area contributed by atoms with Gasteiger partial charge >= 0.3 is 11.9 Å². The minimum Gasteiger partial charge on any atom is -0.508 e. The fourth-order valence-corrected chi connectivity index (χ4v) is 3.55. The summed E-state index contributed by atoms with van der Waals surface area (Å²) in [5, 5.41) is 47.7. The van der Waals surface area contributed by atoms with Crippen molar-refractivity contribution in [3.8, 4) is 5.75 Å². The van der Waals surface area contributed by atoms with Crippen LogP contribution in [0.25, 0.3) is 0 Å². The van der Waals surface area contributed by atoms with Gasteiger partial charge in [-0.15, -0.1) is 0 Å². The van der Waals surface area contributed by atoms with Crippen LogP contribution in [0.1, 0.15) is 31.7 Å². The summed E-state index contributed by atoms with van der Waals surface area (Å²) in [6.45, 7) is 1.93. The number of hydrogen-bond acceptors (Lipinski definition) is 8. The number of aliphatic hydroxyl groups excluding tert-OH is 1. The van der Waals surface area contributed by atoms with Gasteiger partial charge in [0.05, 0.1) is 18.6 Å². The van der Waals surface area contributed by atoms with Crippen LogP contribution in [0.2, 0.25) is 0 Å². The normalized spacial score (nSPS) is 18.5. The average Bonchev–Trinajstić information content (AvgIpc) is 3.32. The van der Waals surface area contributed by atoms with E-state index in [-0.39, 0.29) is 12.2 Å². The predicted molar refractivity (Wildman–Crippen MR) is 120 cm³/mol. The molecule has 35 heavy (non-hydrogen) atoms. The standard InChI is InChI=1S/C22H30N4O9/c1-11(27)18(26-19(31)14-3-2-8-23-14)21(33)24-15(9-12-4-6-13(28)7-5-12)20(32)25-16(22(34)35)10-17(29)30/h4-7,11,14-16,18,23,27-28H,2-3,8-10H2,1H3,(H,24,33)(H,25,32)(H,26,31)(H,29,30)(H,34,35). The van der Waals surface area contributed by atoms with Gasteiger partial charge in [0.25, 0.3) is 0 Å². The van der Waals surface area contributed by atoms with Crippen molar-refractivity contribution >= 4 is 29.7 Å². The van der Waals surface area contributed by atoms with Crippen LogP contribution in [0.3, 0.4) is 0 Å². The highest BCUT2D eigenvalue weighted by Gasteiger charge is 2.34. The second kappa shape index (κ2) is 12.7. The molecule has 5 atom stereocenters. The Kier molecular flexibility index (Phi) is 9.97. The number of phenolic OH excluding ortho intramolecular Hbond substituents is 1. The number of carbonyl (C=O) groups excluding carboxylic acids is 3. The van der Waals surface area contributed by atoms with Gasteiger partial charge in [-0.05, 0) is 44.0 Å². The molecule has 8 N–H and O–H groups in total. The molecule has 0 radical (unpaired) electrons. The molecular formula is C22H30N4O9. The lowest BCUT2D eigenvalue weighted by Gasteiger charge is -2.26. The zero-order valence-corrected chi connectivity index (χ0v) is 19.1. The van der Waals surface area contributed by atoms with Gasteiger partial charge in [-0.2, -0.15) is 0 Å². The maximum atomic E-state index is 13.0. The van der Waals surface area contributed by atoms with Gasteiger partial charge in [-0.25, -0.2) is 4.79 Å². The molecule has 3 amide bonds. The van der Waals surface area contributed by atoms with Crippen LogP contribution in [0.15, 0.2) is 24.3 Å². The topological polar surface area (TPSA) is 214 Å². The number of nitrogens with one attached hydrogen (secondary N) is 4. The lowest BCUT2D eigenvalue weighted by atomic mass is 10.0. The molecule has 192 valence electrons. The number of carboxylic acid groups (broad SMARTS) is 2. The monoisotopic (exact) mass is 494 g/mol. The lowest BCUT2D eigenvalue weighted by molar-refractivity contribution is -0.147. The van der Waals surface area contributed by atoms with Crippen molar-refractivity contribution in [2.75, 3.05) is 6.54 Å². The number of hydrogen-bond donors (Lipinski definition) is 8. The molecule has 13 heteroatoms. The Morgan fingerprint density at radius 1 is 1.00 bits per heavy atom. The van der Waals surface area contributed by atoms with E-state index in [2.05, 4.69) is 21.3 Å². The van der Waals surface area contributed by atoms with Gasteiger partial charge in [0.2, 0.25) is 17.7 Å². The molecule has 2 rings (SSSR count). The number of carboxylic acids is 2. The van der Waals surface area contributed by atoms with Crippen LogP contribution >= 0.6 is 0 Å². The van der Waals surface area contributed by atoms with E-state index in [1.54, 1.807) is 0 Å². The first kappa shape index (κ1) is 27.5. The Morgan fingerprint density at radius 3 is 2.14 bits per heavy atom. The molecule has 1 saturated heterocycles. The van der Waals surface area contributed by atoms with Crippen LogP contribution in [-0.2, 0) is 30.4 Å². The number of amides is 3. The second-order valence-corrected chi connectivity index (χ2v) is 8.30. The lowest BCUT2D eigenvalue weighted by Crippen LogP contribution is -2.60. The Balaban J connectivity index is 2.21. The number of rotatable bonds is 12. The second-order valence-electron chi connectivity index (χ2n) is 8.30. The van der Waals surface area contributed by atoms with Gasteiger partial charge in [0, 0.05) is 6.42 Å². The summed E-state index contributed by atoms with van der Waals surface area (Å²) >= 11 is 0. The molecule has 1 aromatic rings. The van der Waals surface area contributed by atoms with E-state index in [1.165, 1.54) is 31.2 Å². The van der Waals surface area contributed by atoms with Gasteiger partial charge < -0.3 is 41.7 Å². The van der Waals surface area contributed by atoms with E-state index in [1.807, 2.05) is 0 Å². The Labute approximate surface area is 200 Å². The van der Waals surface area contributed by atoms with E-state index < -0.39 is 66.4 Å². The summed E-state index contributed by atoms with van der Waals surface area (Å²) in [7, 11) is 0. The first-order chi connectivity index (χ1) is 16.5. The number of phenols is 1. The summed E-state index contributed by atoms with van der Waals surface area (Å²) in [4.78, 5) is 60.6. The van der Waals surface area contributed by atoms with Crippen molar-refractivity contribution in [2.24, 2.45) is 0 Å². The predicted octanol–water partition coefficient (Wildman–Crippen LogP) is -1.92. The molecule has 0 bridgehead atoms. The first-order valence-corrected chi connectivity index (χ1v) is 11.0. The molecule has 13 nitrogen and oxygen atoms in total. The Bertz CT molecular complexity index is 929. The fraction of sp³-hybridized carbons (Fsp3) is 0.500. The van der Waals surface area contributed by atoms with Crippen molar-refractivity contribution < 1.29 is 44.4 Å². The highest BCUT2D eigenvalue weighted by atomic mass is 16.4. The summed E-state index contributed by atoms with van der Waals surface area (Å²) in [6, 6.07) is 0.599. The Hall–Kier alpha value is -3.71. The SMILES string of the molecule is CC(O)C(NC(=O)C1CCCN1)C(=O)NC(Cc1ccc(O)cc1)C(=O)NC(CC(=O)O)C(=O)O. The van der Waals surface area contributed by atoms with Gasteiger partial charge in [-0.3, -0.25) is 19.2 Å². The summed E-state index contributed by atoms with van der Waals surface area (Å²) in [5.74, 6) is -5.43. The molecule has 0 spiro atoms. The summed E-state index contributed by atoms with van der Waals surface area (Å²) < 4.78 is 0. The van der Waals surface area contributed by atoms with Crippen molar-refractivity contribution in [1.82, 2.24) is 21.3 Å². The van der Waals surface area contributed by atoms with E-state index in [0.717, 1.165) is 6.42 Å². The molecule has 5 unspecified atom stereocenters. The largest absolute Gasteiger partial charge is 0.508 e. The average molecular weight is 495 g/mol. The quantitative estimate of drug-likeness (QED) is 0.161. The van der Waals surface area contributed by atoms with Crippen LogP contribution in [0.5, 0.6) is 5.75 Å². The highest BCUT2D eigenvalue weighted by Crippen LogP contribution is 2.12. The minimum absolute atomic E-state index is 0.0383. The number of aromatic hydroxyl groups is 1. The van der Waals surface area contributed by atoms with E-state index in [0.29, 0.717) is 18.5 Å². The van der Waals surface area contributed by atoms with Crippen LogP contribution in [0.4, 0.5) is 0 Å². The van der Waals surface area contributed by atoms with Crippen LogP contribution in [-0.4, -0.2) is 86.9 Å². The molecule has 0 aliphatic carbocycles. The number of aliphatic carboxylic acids is 2. The third-order valence-corrected chi connectivity index (χ3v) is 5.44. The zero-order valence-electron chi connectivity index (χ0n) is 19.1. The summed E-state index contributed by atoms with van der Waals surface area (Å²) in [6.07, 6.45) is -1.02. The fourth-order valence-electron chi connectivity index (χ4n) is 3.55. The van der Waals surface area contributed by atoms with Crippen molar-refractivity contribution in [2.45, 2.75) is 62.9 Å². The summed E-state index contributed by atoms with van der Waals surface area (Å²) in [5.41, 5.74) is 0.487. The van der Waals surface area contributed by atoms with Gasteiger partial charge in [0.15, 0.2) is 0 Å². The number of carbonyl (C=O) groups is 5. The van der Waals surface area contributed by atoms with Crippen molar-refractivity contribution in [3.63, 3.8) is 0 Å². The van der Waals surface area contributed by atoms with E-state index >= 15 is 0 Å². The molecule has 0 aromatic heterocycles. The first-order valence-electron chi connectivity index (χ1n) is 11.0. The van der Waals surface area contributed by atoms with E-state index in [4.69, 9.17) is 5.11 Å². The van der Waals surface area contributed by atoms with Crippen LogP contribution in [0, 0.1) is 0 Å². The molecule has 1 fully saturated rings. The maximum absolute atomic E-state index is 13.0. The molecule has 0 saturated carbocycles. The van der Waals surface area contributed by atoms with Crippen molar-refractivity contribution in [1.29, 1.82) is 0 Å². The number of benzene rings is 1. The number of aliphatic hydroxyl groups is 1. The molecule has 1 aliphatic rings. The maximum Gasteiger partial charge on any atom is 0.326 e. The Morgan fingerprint density at radius 2 is 1.63 bits per heavy atom. The molecular weight excluding hydrogens is 464 g/mol. The van der Waals surface area contributed by atoms with Gasteiger partial charge in [-0.1, -0.05) is 12.1 Å². The van der Waals surface area contributed by atoms with E-state index in [9.17, 15) is 39.3 Å². The molecule has 1 heterocycles. The minimum atomic E-state index is -1.75. The third-order valence-electron chi connectivity index (χ3n) is 5.44. The smallest absolute Gasteiger partial charge is 0.326 e. The molecule has 1 aliphatic heterocycles. The zero-order chi connectivity index (χ0) is 26.1. The molecule has 1 aromatic carbocycles. The van der Waals surface area contributed by atoms with Crippen molar-refractivity contribution in [3.05, 3.63) is 29.8 Å². The highest BCUT2D eigenvalue weighted by molar-refractivity contribution is 5.95. The third kappa shape index (κ3) is 8.54. The van der Waals surface area contributed by atoms with Gasteiger partial charge in [0.1, 0.15) is 23.9 Å².